The van der Waals surface area contributed by atoms with Crippen molar-refractivity contribution in [2.24, 2.45) is 0 Å². The summed E-state index contributed by atoms with van der Waals surface area (Å²) in [6.07, 6.45) is -0.804. The van der Waals surface area contributed by atoms with Gasteiger partial charge < -0.3 is 20.3 Å². The van der Waals surface area contributed by atoms with E-state index in [1.807, 2.05) is 6.07 Å². The predicted molar refractivity (Wildman–Crippen MR) is 56.2 cm³/mol. The summed E-state index contributed by atoms with van der Waals surface area (Å²) >= 11 is 0. The fourth-order valence-electron chi connectivity index (χ4n) is 1.72. The molecule has 0 aliphatic carbocycles. The molecule has 1 aromatic rings. The van der Waals surface area contributed by atoms with Gasteiger partial charge in [0.25, 0.3) is 0 Å². The summed E-state index contributed by atoms with van der Waals surface area (Å²) < 4.78 is 5.19. The minimum Gasteiger partial charge on any atom is -0.508 e. The number of nitrogens with one attached hydrogen (secondary N) is 1. The first-order chi connectivity index (χ1) is 7.68. The predicted octanol–water partition coefficient (Wildman–Crippen LogP) is 0.506. The van der Waals surface area contributed by atoms with Gasteiger partial charge in [-0.2, -0.15) is 0 Å². The van der Waals surface area contributed by atoms with Crippen molar-refractivity contribution in [3.8, 4) is 5.75 Å². The van der Waals surface area contributed by atoms with Crippen LogP contribution < -0.4 is 5.32 Å². The quantitative estimate of drug-likeness (QED) is 0.680. The smallest absolute Gasteiger partial charge is 0.334 e. The zero-order chi connectivity index (χ0) is 11.5. The SMILES string of the molecule is O=C(O)C1CNC(c2ccccc2O)CO1. The van der Waals surface area contributed by atoms with Gasteiger partial charge in [0, 0.05) is 12.1 Å². The topological polar surface area (TPSA) is 78.8 Å². The lowest BCUT2D eigenvalue weighted by Crippen LogP contribution is -2.44. The summed E-state index contributed by atoms with van der Waals surface area (Å²) in [6.45, 7) is 0.489. The Balaban J connectivity index is 2.05. The van der Waals surface area contributed by atoms with Gasteiger partial charge in [0.2, 0.25) is 0 Å². The van der Waals surface area contributed by atoms with E-state index in [2.05, 4.69) is 5.32 Å². The van der Waals surface area contributed by atoms with E-state index >= 15 is 0 Å². The summed E-state index contributed by atoms with van der Waals surface area (Å²) in [5.41, 5.74) is 0.728. The zero-order valence-corrected chi connectivity index (χ0v) is 8.59. The molecule has 5 heteroatoms. The third-order valence-corrected chi connectivity index (χ3v) is 2.60. The average molecular weight is 223 g/mol. The number of para-hydroxylation sites is 1. The fourth-order valence-corrected chi connectivity index (χ4v) is 1.72. The van der Waals surface area contributed by atoms with E-state index in [0.29, 0.717) is 0 Å². The van der Waals surface area contributed by atoms with Crippen LogP contribution in [0, 0.1) is 0 Å². The second-order valence-electron chi connectivity index (χ2n) is 3.68. The highest BCUT2D eigenvalue weighted by molar-refractivity contribution is 5.72. The van der Waals surface area contributed by atoms with E-state index in [1.165, 1.54) is 0 Å². The molecule has 0 bridgehead atoms. The van der Waals surface area contributed by atoms with Crippen LogP contribution in [-0.4, -0.2) is 35.4 Å². The molecular weight excluding hydrogens is 210 g/mol. The number of carbonyl (C=O) groups is 1. The number of morpholine rings is 1. The molecule has 1 saturated heterocycles. The Morgan fingerprint density at radius 2 is 2.19 bits per heavy atom. The largest absolute Gasteiger partial charge is 0.508 e. The standard InChI is InChI=1S/C11H13NO4/c13-9-4-2-1-3-7(9)8-6-16-10(5-12-8)11(14)15/h1-4,8,10,12-13H,5-6H2,(H,14,15). The Bertz CT molecular complexity index is 385. The van der Waals surface area contributed by atoms with Crippen LogP contribution in [0.25, 0.3) is 0 Å². The number of hydrogen-bond donors (Lipinski definition) is 3. The van der Waals surface area contributed by atoms with Gasteiger partial charge in [-0.3, -0.25) is 0 Å². The number of rotatable bonds is 2. The number of hydrogen-bond acceptors (Lipinski definition) is 4. The molecule has 2 rings (SSSR count). The summed E-state index contributed by atoms with van der Waals surface area (Å²) in [5.74, 6) is -0.777. The molecule has 16 heavy (non-hydrogen) atoms. The maximum Gasteiger partial charge on any atom is 0.334 e. The summed E-state index contributed by atoms with van der Waals surface area (Å²) in [5, 5.41) is 21.4. The highest BCUT2D eigenvalue weighted by Crippen LogP contribution is 2.25. The van der Waals surface area contributed by atoms with Gasteiger partial charge in [0.05, 0.1) is 12.6 Å². The van der Waals surface area contributed by atoms with Crippen LogP contribution in [0.5, 0.6) is 5.75 Å². The number of ether oxygens (including phenoxy) is 1. The van der Waals surface area contributed by atoms with Crippen LogP contribution in [0.1, 0.15) is 11.6 Å². The van der Waals surface area contributed by atoms with E-state index < -0.39 is 12.1 Å². The van der Waals surface area contributed by atoms with Crippen molar-refractivity contribution in [2.45, 2.75) is 12.1 Å². The molecule has 1 aromatic carbocycles. The number of benzene rings is 1. The molecule has 2 unspecified atom stereocenters. The average Bonchev–Trinajstić information content (AvgIpc) is 2.30. The van der Waals surface area contributed by atoms with E-state index in [-0.39, 0.29) is 24.9 Å². The van der Waals surface area contributed by atoms with E-state index in [4.69, 9.17) is 9.84 Å². The van der Waals surface area contributed by atoms with E-state index in [0.717, 1.165) is 5.56 Å². The zero-order valence-electron chi connectivity index (χ0n) is 8.59. The van der Waals surface area contributed by atoms with Gasteiger partial charge in [-0.15, -0.1) is 0 Å². The molecule has 3 N–H and O–H groups in total. The number of phenols is 1. The first-order valence-corrected chi connectivity index (χ1v) is 5.04. The first kappa shape index (κ1) is 10.9. The number of aliphatic carboxylic acids is 1. The third kappa shape index (κ3) is 2.15. The molecule has 0 aromatic heterocycles. The minimum atomic E-state index is -0.969. The van der Waals surface area contributed by atoms with E-state index in [9.17, 15) is 9.90 Å². The molecule has 1 fully saturated rings. The minimum absolute atomic E-state index is 0.156. The highest BCUT2D eigenvalue weighted by Gasteiger charge is 2.27. The van der Waals surface area contributed by atoms with Crippen LogP contribution in [0.2, 0.25) is 0 Å². The molecule has 2 atom stereocenters. The molecule has 0 saturated carbocycles. The van der Waals surface area contributed by atoms with Crippen LogP contribution in [0.3, 0.4) is 0 Å². The summed E-state index contributed by atoms with van der Waals surface area (Å²) in [4.78, 5) is 10.7. The number of carboxylic acid groups (broad SMARTS) is 1. The van der Waals surface area contributed by atoms with Gasteiger partial charge in [-0.25, -0.2) is 4.79 Å². The van der Waals surface area contributed by atoms with Crippen LogP contribution in [0.15, 0.2) is 24.3 Å². The lowest BCUT2D eigenvalue weighted by Gasteiger charge is -2.28. The first-order valence-electron chi connectivity index (χ1n) is 5.04. The Hall–Kier alpha value is -1.59. The monoisotopic (exact) mass is 223 g/mol. The molecule has 0 spiro atoms. The fraction of sp³-hybridized carbons (Fsp3) is 0.364. The summed E-state index contributed by atoms with van der Waals surface area (Å²) in [6, 6.07) is 6.79. The Labute approximate surface area is 92.7 Å². The molecule has 1 aliphatic heterocycles. The van der Waals surface area contributed by atoms with Gasteiger partial charge in [0.15, 0.2) is 6.10 Å². The van der Waals surface area contributed by atoms with Gasteiger partial charge in [-0.05, 0) is 6.07 Å². The van der Waals surface area contributed by atoms with Crippen molar-refractivity contribution in [2.75, 3.05) is 13.2 Å². The van der Waals surface area contributed by atoms with Crippen molar-refractivity contribution < 1.29 is 19.7 Å². The maximum absolute atomic E-state index is 10.7. The molecule has 5 nitrogen and oxygen atoms in total. The Kier molecular flexibility index (Phi) is 3.07. The van der Waals surface area contributed by atoms with Crippen molar-refractivity contribution in [3.63, 3.8) is 0 Å². The molecule has 1 aliphatic rings. The van der Waals surface area contributed by atoms with Gasteiger partial charge in [-0.1, -0.05) is 18.2 Å². The molecule has 1 heterocycles. The second kappa shape index (κ2) is 4.51. The lowest BCUT2D eigenvalue weighted by atomic mass is 10.0. The number of carboxylic acids is 1. The van der Waals surface area contributed by atoms with Crippen molar-refractivity contribution in [1.82, 2.24) is 5.32 Å². The van der Waals surface area contributed by atoms with E-state index in [1.54, 1.807) is 18.2 Å². The number of phenolic OH excluding ortho intramolecular Hbond substituents is 1. The third-order valence-electron chi connectivity index (χ3n) is 2.60. The van der Waals surface area contributed by atoms with Crippen molar-refractivity contribution >= 4 is 5.97 Å². The van der Waals surface area contributed by atoms with Crippen molar-refractivity contribution in [1.29, 1.82) is 0 Å². The summed E-state index contributed by atoms with van der Waals surface area (Å²) in [7, 11) is 0. The second-order valence-corrected chi connectivity index (χ2v) is 3.68. The van der Waals surface area contributed by atoms with Crippen molar-refractivity contribution in [3.05, 3.63) is 29.8 Å². The number of aromatic hydroxyl groups is 1. The Morgan fingerprint density at radius 1 is 1.44 bits per heavy atom. The Morgan fingerprint density at radius 3 is 2.75 bits per heavy atom. The van der Waals surface area contributed by atoms with Crippen LogP contribution in [-0.2, 0) is 9.53 Å². The van der Waals surface area contributed by atoms with Crippen LogP contribution in [0.4, 0.5) is 0 Å². The van der Waals surface area contributed by atoms with Crippen LogP contribution >= 0.6 is 0 Å². The maximum atomic E-state index is 10.7. The molecular formula is C11H13NO4. The van der Waals surface area contributed by atoms with Gasteiger partial charge in [0.1, 0.15) is 5.75 Å². The lowest BCUT2D eigenvalue weighted by molar-refractivity contribution is -0.153. The molecule has 86 valence electrons. The molecule has 0 radical (unpaired) electrons. The normalized spacial score (nSPS) is 25.2. The molecule has 0 amide bonds. The highest BCUT2D eigenvalue weighted by atomic mass is 16.5. The van der Waals surface area contributed by atoms with Gasteiger partial charge >= 0.3 is 5.97 Å².